The summed E-state index contributed by atoms with van der Waals surface area (Å²) in [5.41, 5.74) is 1.22. The van der Waals surface area contributed by atoms with Crippen molar-refractivity contribution in [3.05, 3.63) is 51.7 Å². The van der Waals surface area contributed by atoms with Crippen molar-refractivity contribution in [1.29, 1.82) is 0 Å². The van der Waals surface area contributed by atoms with Crippen LogP contribution in [0.5, 0.6) is 5.75 Å². The highest BCUT2D eigenvalue weighted by Crippen LogP contribution is 2.30. The van der Waals surface area contributed by atoms with Crippen molar-refractivity contribution in [3.8, 4) is 5.75 Å². The molecular formula is C12H10FN3O4. The third-order valence-corrected chi connectivity index (χ3v) is 2.91. The summed E-state index contributed by atoms with van der Waals surface area (Å²) in [5.74, 6) is -0.0870. The summed E-state index contributed by atoms with van der Waals surface area (Å²) in [4.78, 5) is 13.7. The van der Waals surface area contributed by atoms with Gasteiger partial charge in [0.25, 0.3) is 0 Å². The molecule has 0 N–H and O–H groups in total. The number of fused-ring (bicyclic) bond motifs is 1. The molecule has 0 aliphatic carbocycles. The van der Waals surface area contributed by atoms with E-state index in [1.807, 2.05) is 0 Å². The normalized spacial score (nSPS) is 13.7. The molecule has 104 valence electrons. The largest absolute Gasteiger partial charge is 0.467 e. The Kier molecular flexibility index (Phi) is 3.07. The number of aromatic nitrogens is 2. The summed E-state index contributed by atoms with van der Waals surface area (Å²) >= 11 is 0. The van der Waals surface area contributed by atoms with E-state index in [0.717, 1.165) is 0 Å². The molecule has 0 atom stereocenters. The summed E-state index contributed by atoms with van der Waals surface area (Å²) in [7, 11) is 0. The van der Waals surface area contributed by atoms with Gasteiger partial charge in [0.05, 0.1) is 13.2 Å². The van der Waals surface area contributed by atoms with Gasteiger partial charge < -0.3 is 24.2 Å². The first kappa shape index (κ1) is 12.5. The van der Waals surface area contributed by atoms with Gasteiger partial charge in [0.1, 0.15) is 17.8 Å². The number of hydrogen-bond acceptors (Lipinski definition) is 5. The van der Waals surface area contributed by atoms with E-state index in [4.69, 9.17) is 9.47 Å². The molecule has 3 rings (SSSR count). The second-order valence-electron chi connectivity index (χ2n) is 4.33. The second kappa shape index (κ2) is 4.89. The molecule has 20 heavy (non-hydrogen) atoms. The third-order valence-electron chi connectivity index (χ3n) is 2.91. The number of ether oxygens (including phenoxy) is 2. The van der Waals surface area contributed by atoms with Crippen molar-refractivity contribution in [2.24, 2.45) is 0 Å². The monoisotopic (exact) mass is 279 g/mol. The van der Waals surface area contributed by atoms with Crippen LogP contribution in [-0.2, 0) is 17.9 Å². The lowest BCUT2D eigenvalue weighted by atomic mass is 10.1. The van der Waals surface area contributed by atoms with E-state index in [-0.39, 0.29) is 25.8 Å². The number of rotatable bonds is 3. The summed E-state index contributed by atoms with van der Waals surface area (Å²) in [6.45, 7) is 0.626. The molecule has 7 nitrogen and oxygen atoms in total. The van der Waals surface area contributed by atoms with E-state index in [2.05, 4.69) is 4.98 Å². The van der Waals surface area contributed by atoms with E-state index in [9.17, 15) is 14.5 Å². The number of nitro groups is 1. The Morgan fingerprint density at radius 3 is 3.10 bits per heavy atom. The summed E-state index contributed by atoms with van der Waals surface area (Å²) in [6.07, 6.45) is 2.62. The number of hydrogen-bond donors (Lipinski definition) is 0. The van der Waals surface area contributed by atoms with Crippen LogP contribution in [0.25, 0.3) is 0 Å². The van der Waals surface area contributed by atoms with Crippen LogP contribution in [0, 0.1) is 15.9 Å². The van der Waals surface area contributed by atoms with Crippen molar-refractivity contribution < 1.29 is 18.8 Å². The Balaban J connectivity index is 1.93. The predicted octanol–water partition coefficient (Wildman–Crippen LogP) is 1.85. The minimum absolute atomic E-state index is 0.107. The maximum atomic E-state index is 13.5. The fourth-order valence-electron chi connectivity index (χ4n) is 2.10. The molecular weight excluding hydrogens is 269 g/mol. The molecule has 0 radical (unpaired) electrons. The third kappa shape index (κ3) is 2.32. The Bertz CT molecular complexity index is 671. The molecule has 0 fully saturated rings. The van der Waals surface area contributed by atoms with E-state index in [1.54, 1.807) is 0 Å². The fraction of sp³-hybridized carbons (Fsp3) is 0.250. The van der Waals surface area contributed by atoms with Crippen LogP contribution in [-0.4, -0.2) is 21.3 Å². The molecule has 1 aromatic carbocycles. The highest BCUT2D eigenvalue weighted by Gasteiger charge is 2.18. The van der Waals surface area contributed by atoms with Crippen LogP contribution >= 0.6 is 0 Å². The fourth-order valence-corrected chi connectivity index (χ4v) is 2.10. The van der Waals surface area contributed by atoms with Gasteiger partial charge in [0.2, 0.25) is 6.33 Å². The van der Waals surface area contributed by atoms with Crippen LogP contribution in [0.3, 0.4) is 0 Å². The van der Waals surface area contributed by atoms with E-state index in [0.29, 0.717) is 16.9 Å². The van der Waals surface area contributed by atoms with Gasteiger partial charge in [-0.15, -0.1) is 0 Å². The van der Waals surface area contributed by atoms with E-state index >= 15 is 0 Å². The van der Waals surface area contributed by atoms with Crippen LogP contribution in [0.4, 0.5) is 10.2 Å². The zero-order chi connectivity index (χ0) is 14.1. The van der Waals surface area contributed by atoms with Gasteiger partial charge in [-0.25, -0.2) is 4.39 Å². The van der Waals surface area contributed by atoms with Crippen molar-refractivity contribution in [2.45, 2.75) is 13.2 Å². The van der Waals surface area contributed by atoms with Crippen molar-refractivity contribution >= 4 is 5.82 Å². The minimum Gasteiger partial charge on any atom is -0.467 e. The van der Waals surface area contributed by atoms with E-state index in [1.165, 1.54) is 29.2 Å². The number of benzene rings is 1. The Morgan fingerprint density at radius 2 is 2.35 bits per heavy atom. The lowest BCUT2D eigenvalue weighted by Crippen LogP contribution is -2.14. The lowest BCUT2D eigenvalue weighted by Gasteiger charge is -2.20. The molecule has 0 saturated carbocycles. The maximum absolute atomic E-state index is 13.5. The van der Waals surface area contributed by atoms with Gasteiger partial charge in [-0.2, -0.15) is 0 Å². The summed E-state index contributed by atoms with van der Waals surface area (Å²) in [6, 6.07) is 2.70. The SMILES string of the molecule is O=[N+]([O-])c1cn(Cc2cc(F)cc3c2OCOC3)cn1. The average molecular weight is 279 g/mol. The lowest BCUT2D eigenvalue weighted by molar-refractivity contribution is -0.389. The molecule has 8 heteroatoms. The summed E-state index contributed by atoms with van der Waals surface area (Å²) in [5, 5.41) is 10.6. The van der Waals surface area contributed by atoms with Crippen LogP contribution < -0.4 is 4.74 Å². The van der Waals surface area contributed by atoms with Crippen LogP contribution in [0.2, 0.25) is 0 Å². The van der Waals surface area contributed by atoms with Gasteiger partial charge in [-0.05, 0) is 22.0 Å². The van der Waals surface area contributed by atoms with Gasteiger partial charge >= 0.3 is 5.82 Å². The molecule has 1 aliphatic rings. The molecule has 1 aromatic heterocycles. The van der Waals surface area contributed by atoms with Crippen LogP contribution in [0.15, 0.2) is 24.7 Å². The Hall–Kier alpha value is -2.48. The molecule has 0 unspecified atom stereocenters. The number of imidazole rings is 1. The summed E-state index contributed by atoms with van der Waals surface area (Å²) < 4.78 is 25.5. The Morgan fingerprint density at radius 1 is 1.50 bits per heavy atom. The minimum atomic E-state index is -0.581. The van der Waals surface area contributed by atoms with Gasteiger partial charge in [-0.1, -0.05) is 0 Å². The average Bonchev–Trinajstić information content (AvgIpc) is 2.87. The predicted molar refractivity (Wildman–Crippen MR) is 64.7 cm³/mol. The molecule has 0 bridgehead atoms. The molecule has 0 saturated heterocycles. The van der Waals surface area contributed by atoms with Gasteiger partial charge in [-0.3, -0.25) is 0 Å². The molecule has 0 amide bonds. The number of halogens is 1. The maximum Gasteiger partial charge on any atom is 0.381 e. The van der Waals surface area contributed by atoms with Crippen molar-refractivity contribution in [3.63, 3.8) is 0 Å². The first-order valence-corrected chi connectivity index (χ1v) is 5.81. The van der Waals surface area contributed by atoms with E-state index < -0.39 is 10.7 Å². The molecule has 2 heterocycles. The first-order valence-electron chi connectivity index (χ1n) is 5.81. The quantitative estimate of drug-likeness (QED) is 0.632. The van der Waals surface area contributed by atoms with Crippen LogP contribution in [0.1, 0.15) is 11.1 Å². The zero-order valence-corrected chi connectivity index (χ0v) is 10.3. The Labute approximate surface area is 112 Å². The standard InChI is InChI=1S/C12H10FN3O4/c13-10-1-8(12-9(2-10)5-19-7-20-12)3-15-4-11(14-6-15)16(17)18/h1-2,4,6H,3,5,7H2. The van der Waals surface area contributed by atoms with Gasteiger partial charge in [0.15, 0.2) is 6.79 Å². The second-order valence-corrected chi connectivity index (χ2v) is 4.33. The van der Waals surface area contributed by atoms with Gasteiger partial charge in [0, 0.05) is 11.1 Å². The highest BCUT2D eigenvalue weighted by atomic mass is 19.1. The van der Waals surface area contributed by atoms with Crippen molar-refractivity contribution in [1.82, 2.24) is 9.55 Å². The molecule has 1 aliphatic heterocycles. The topological polar surface area (TPSA) is 79.4 Å². The van der Waals surface area contributed by atoms with Crippen molar-refractivity contribution in [2.75, 3.05) is 6.79 Å². The first-order chi connectivity index (χ1) is 9.63. The zero-order valence-electron chi connectivity index (χ0n) is 10.3. The highest BCUT2D eigenvalue weighted by molar-refractivity contribution is 5.42. The molecule has 0 spiro atoms. The smallest absolute Gasteiger partial charge is 0.381 e. The molecule has 2 aromatic rings. The number of nitrogens with zero attached hydrogens (tertiary/aromatic N) is 3.